The average Bonchev–Trinajstić information content (AvgIpc) is 2.85. The van der Waals surface area contributed by atoms with E-state index in [0.29, 0.717) is 23.7 Å². The number of carbonyl (C=O) groups is 5. The van der Waals surface area contributed by atoms with Crippen LogP contribution in [0, 0.1) is 0 Å². The third kappa shape index (κ3) is 8.91. The average molecular weight is 507 g/mol. The van der Waals surface area contributed by atoms with Crippen molar-refractivity contribution >= 4 is 47.1 Å². The quantitative estimate of drug-likeness (QED) is 0.168. The molecule has 0 amide bonds. The molecule has 0 aromatic carbocycles. The third-order valence-corrected chi connectivity index (χ3v) is 3.78. The van der Waals surface area contributed by atoms with Crippen molar-refractivity contribution < 1.29 is 56.7 Å². The summed E-state index contributed by atoms with van der Waals surface area (Å²) in [5.74, 6) is -1.10. The number of hydrogen-bond donors (Lipinski definition) is 3. The van der Waals surface area contributed by atoms with Crippen LogP contribution < -0.4 is 0 Å². The second-order valence-electron chi connectivity index (χ2n) is 5.92. The Bertz CT molecular complexity index is 1010. The first-order valence-corrected chi connectivity index (χ1v) is 8.84. The van der Waals surface area contributed by atoms with Crippen molar-refractivity contribution in [3.05, 3.63) is 84.1 Å². The summed E-state index contributed by atoms with van der Waals surface area (Å²) in [6.45, 7) is 3.51. The minimum atomic E-state index is -0.405. The molecule has 11 nitrogen and oxygen atoms in total. The van der Waals surface area contributed by atoms with Crippen LogP contribution in [0.2, 0.25) is 0 Å². The Kier molecular flexibility index (Phi) is 13.3. The predicted molar refractivity (Wildman–Crippen MR) is 117 cm³/mol. The number of aldehydes is 2. The Morgan fingerprint density at radius 3 is 1.15 bits per heavy atom. The molecule has 0 aromatic heterocycles. The zero-order valence-corrected chi connectivity index (χ0v) is 18.3. The number of allylic oxidation sites excluding steroid dienone is 13. The van der Waals surface area contributed by atoms with Crippen molar-refractivity contribution in [1.82, 2.24) is 0 Å². The van der Waals surface area contributed by atoms with Gasteiger partial charge in [0.05, 0.1) is 0 Å². The van der Waals surface area contributed by atoms with E-state index in [9.17, 15) is 24.0 Å². The van der Waals surface area contributed by atoms with Crippen LogP contribution in [-0.4, -0.2) is 62.7 Å². The molecule has 0 atom stereocenters. The molecule has 0 aromatic rings. The largest absolute Gasteiger partial charge is 0.410 e. The molecule has 34 heavy (non-hydrogen) atoms. The van der Waals surface area contributed by atoms with Crippen LogP contribution in [0.15, 0.2) is 99.5 Å². The van der Waals surface area contributed by atoms with Crippen molar-refractivity contribution in [3.8, 4) is 0 Å². The normalized spacial score (nSPS) is 19.6. The Balaban J connectivity index is 0.000000473. The van der Waals surface area contributed by atoms with Gasteiger partial charge in [-0.05, 0) is 54.2 Å². The molecule has 3 aliphatic rings. The zero-order valence-electron chi connectivity index (χ0n) is 17.2. The molecule has 3 aliphatic carbocycles. The molecule has 0 saturated carbocycles. The van der Waals surface area contributed by atoms with E-state index in [-0.39, 0.29) is 40.0 Å². The molecule has 12 heteroatoms. The van der Waals surface area contributed by atoms with E-state index in [4.69, 9.17) is 15.6 Å². The third-order valence-electron chi connectivity index (χ3n) is 3.78. The van der Waals surface area contributed by atoms with Crippen molar-refractivity contribution in [2.24, 2.45) is 15.5 Å². The number of nitrogens with zero attached hydrogens (tertiary/aromatic N) is 3. The fourth-order valence-electron chi connectivity index (χ4n) is 2.11. The van der Waals surface area contributed by atoms with Gasteiger partial charge < -0.3 is 15.6 Å². The van der Waals surface area contributed by atoms with E-state index >= 15 is 0 Å². The van der Waals surface area contributed by atoms with Gasteiger partial charge in [-0.3, -0.25) is 24.0 Å². The van der Waals surface area contributed by atoms with Crippen molar-refractivity contribution in [3.63, 3.8) is 0 Å². The molecule has 0 aliphatic heterocycles. The fourth-order valence-corrected chi connectivity index (χ4v) is 2.11. The second kappa shape index (κ2) is 15.3. The summed E-state index contributed by atoms with van der Waals surface area (Å²) in [5.41, 5.74) is 1.21. The van der Waals surface area contributed by atoms with Crippen molar-refractivity contribution in [2.45, 2.75) is 0 Å². The SMILES string of the molecule is C=CC1=CC(=NO)C(=O)C=C1.O=CC1=CC(=NO)C(=O)C=C1.O=CC1=CC(=NO)C(=O)C=C1.[Fe]. The number of rotatable bonds is 3. The van der Waals surface area contributed by atoms with Gasteiger partial charge in [0.15, 0.2) is 11.4 Å². The van der Waals surface area contributed by atoms with Gasteiger partial charge in [-0.1, -0.05) is 34.2 Å². The van der Waals surface area contributed by atoms with E-state index in [2.05, 4.69) is 22.0 Å². The molecule has 0 saturated heterocycles. The number of oxime groups is 3. The van der Waals surface area contributed by atoms with Gasteiger partial charge >= 0.3 is 0 Å². The van der Waals surface area contributed by atoms with Crippen LogP contribution in [0.1, 0.15) is 0 Å². The number of hydrogen-bond acceptors (Lipinski definition) is 11. The Morgan fingerprint density at radius 2 is 0.882 bits per heavy atom. The molecule has 3 N–H and O–H groups in total. The Morgan fingerprint density at radius 1 is 0.588 bits per heavy atom. The van der Waals surface area contributed by atoms with Crippen LogP contribution in [0.5, 0.6) is 0 Å². The van der Waals surface area contributed by atoms with E-state index in [0.717, 1.165) is 5.57 Å². The minimum absolute atomic E-state index is 0. The van der Waals surface area contributed by atoms with Crippen LogP contribution in [0.25, 0.3) is 0 Å². The summed E-state index contributed by atoms with van der Waals surface area (Å²) in [6.07, 6.45) is 14.7. The van der Waals surface area contributed by atoms with Crippen LogP contribution >= 0.6 is 0 Å². The smallest absolute Gasteiger partial charge is 0.207 e. The zero-order chi connectivity index (χ0) is 24.8. The summed E-state index contributed by atoms with van der Waals surface area (Å²) >= 11 is 0. The van der Waals surface area contributed by atoms with Crippen molar-refractivity contribution in [1.29, 1.82) is 0 Å². The van der Waals surface area contributed by atoms with Crippen LogP contribution in [0.3, 0.4) is 0 Å². The maximum atomic E-state index is 10.8. The van der Waals surface area contributed by atoms with Gasteiger partial charge in [-0.25, -0.2) is 0 Å². The van der Waals surface area contributed by atoms with E-state index < -0.39 is 11.6 Å². The molecule has 0 bridgehead atoms. The molecular formula is C22H17FeN3O8. The topological polar surface area (TPSA) is 183 Å². The predicted octanol–water partition coefficient (Wildman–Crippen LogP) is 1.23. The van der Waals surface area contributed by atoms with E-state index in [1.165, 1.54) is 48.6 Å². The maximum absolute atomic E-state index is 10.8. The maximum Gasteiger partial charge on any atom is 0.207 e. The minimum Gasteiger partial charge on any atom is -0.410 e. The molecule has 0 fully saturated rings. The van der Waals surface area contributed by atoms with E-state index in [1.807, 2.05) is 0 Å². The summed E-state index contributed by atoms with van der Waals surface area (Å²) in [6, 6.07) is 0. The summed E-state index contributed by atoms with van der Waals surface area (Å²) in [5, 5.41) is 33.1. The standard InChI is InChI=1S/C8H7NO2.2C7H5NO3.Fe/c1-2-6-3-4-8(10)7(5-6)9-11;2*9-4-5-1-2-7(10)6(3-5)8-11;/h2-5,11H,1H2;2*1-4,11H;. The van der Waals surface area contributed by atoms with Crippen LogP contribution in [0.4, 0.5) is 0 Å². The fraction of sp³-hybridized carbons (Fsp3) is 0. The molecule has 3 rings (SSSR count). The molecule has 0 unspecified atom stereocenters. The monoisotopic (exact) mass is 507 g/mol. The number of carbonyl (C=O) groups excluding carboxylic acids is 5. The Hall–Kier alpha value is -4.54. The van der Waals surface area contributed by atoms with Gasteiger partial charge in [0, 0.05) is 28.2 Å². The van der Waals surface area contributed by atoms with Gasteiger partial charge in [0.2, 0.25) is 17.3 Å². The van der Waals surface area contributed by atoms with Crippen molar-refractivity contribution in [2.75, 3.05) is 0 Å². The summed E-state index contributed by atoms with van der Waals surface area (Å²) in [4.78, 5) is 52.6. The summed E-state index contributed by atoms with van der Waals surface area (Å²) < 4.78 is 0. The Labute approximate surface area is 203 Å². The molecular weight excluding hydrogens is 490 g/mol. The van der Waals surface area contributed by atoms with Crippen LogP contribution in [-0.2, 0) is 41.0 Å². The molecule has 0 radical (unpaired) electrons. The van der Waals surface area contributed by atoms with Gasteiger partial charge in [0.1, 0.15) is 18.3 Å². The molecule has 0 spiro atoms. The number of ketones is 3. The first-order chi connectivity index (χ1) is 15.8. The van der Waals surface area contributed by atoms with Gasteiger partial charge in [-0.15, -0.1) is 0 Å². The molecule has 0 heterocycles. The molecule has 176 valence electrons. The van der Waals surface area contributed by atoms with E-state index in [1.54, 1.807) is 12.2 Å². The van der Waals surface area contributed by atoms with Gasteiger partial charge in [-0.2, -0.15) is 0 Å². The first-order valence-electron chi connectivity index (χ1n) is 8.84. The van der Waals surface area contributed by atoms with Gasteiger partial charge in [0.25, 0.3) is 0 Å². The first kappa shape index (κ1) is 29.5. The summed E-state index contributed by atoms with van der Waals surface area (Å²) in [7, 11) is 0. The second-order valence-corrected chi connectivity index (χ2v) is 5.92.